The molecule has 1 unspecified atom stereocenters. The molecule has 0 radical (unpaired) electrons. The molecule has 0 fully saturated rings. The molecule has 0 aliphatic rings. The Balaban J connectivity index is 1.32. The number of thioether (sulfide) groups is 1. The molecule has 5 rings (SSSR count). The van der Waals surface area contributed by atoms with E-state index in [0.29, 0.717) is 22.5 Å². The number of nitrogens with two attached hydrogens (primary N) is 1. The van der Waals surface area contributed by atoms with Crippen molar-refractivity contribution in [1.29, 1.82) is 0 Å². The SMILES string of the molecule is NS(=O)(=O)c1ccc(NC(=O)C(Sc2ccc(NC(=O)/C(=C/c3cccc(Br)c3)NC(=O)c3ccccc3)cc2)c2ccccc2)cc1. The Morgan fingerprint density at radius 1 is 0.729 bits per heavy atom. The fourth-order valence-corrected chi connectivity index (χ4v) is 6.45. The lowest BCUT2D eigenvalue weighted by Gasteiger charge is -2.18. The highest BCUT2D eigenvalue weighted by molar-refractivity contribution is 9.10. The molecule has 5 aromatic rings. The van der Waals surface area contributed by atoms with Crippen LogP contribution in [-0.4, -0.2) is 26.1 Å². The molecule has 12 heteroatoms. The summed E-state index contributed by atoms with van der Waals surface area (Å²) >= 11 is 4.74. The number of primary sulfonamides is 1. The second kappa shape index (κ2) is 15.7. The molecule has 0 saturated heterocycles. The van der Waals surface area contributed by atoms with Crippen LogP contribution in [0.3, 0.4) is 0 Å². The average molecular weight is 742 g/mol. The smallest absolute Gasteiger partial charge is 0.272 e. The summed E-state index contributed by atoms with van der Waals surface area (Å²) in [6.07, 6.45) is 1.59. The molecule has 48 heavy (non-hydrogen) atoms. The van der Waals surface area contributed by atoms with Crippen LogP contribution in [0.5, 0.6) is 0 Å². The van der Waals surface area contributed by atoms with Crippen LogP contribution in [0.2, 0.25) is 0 Å². The van der Waals surface area contributed by atoms with Gasteiger partial charge in [-0.25, -0.2) is 13.6 Å². The molecule has 3 amide bonds. The van der Waals surface area contributed by atoms with E-state index in [1.807, 2.05) is 54.6 Å². The van der Waals surface area contributed by atoms with Crippen molar-refractivity contribution in [1.82, 2.24) is 5.32 Å². The highest BCUT2D eigenvalue weighted by Crippen LogP contribution is 2.37. The van der Waals surface area contributed by atoms with Gasteiger partial charge in [0.2, 0.25) is 15.9 Å². The first kappa shape index (κ1) is 34.3. The molecule has 0 spiro atoms. The minimum atomic E-state index is -3.86. The van der Waals surface area contributed by atoms with Crippen molar-refractivity contribution in [2.45, 2.75) is 15.0 Å². The summed E-state index contributed by atoms with van der Waals surface area (Å²) in [6, 6.07) is 37.8. The summed E-state index contributed by atoms with van der Waals surface area (Å²) in [5.41, 5.74) is 2.82. The van der Waals surface area contributed by atoms with Gasteiger partial charge in [0, 0.05) is 26.3 Å². The summed E-state index contributed by atoms with van der Waals surface area (Å²) in [4.78, 5) is 40.6. The van der Waals surface area contributed by atoms with Crippen molar-refractivity contribution in [3.05, 3.63) is 160 Å². The van der Waals surface area contributed by atoms with Gasteiger partial charge in [-0.1, -0.05) is 76.6 Å². The first-order valence-electron chi connectivity index (χ1n) is 14.5. The Kier molecular flexibility index (Phi) is 11.2. The second-order valence-electron chi connectivity index (χ2n) is 10.4. The van der Waals surface area contributed by atoms with Crippen molar-refractivity contribution >= 4 is 72.9 Å². The zero-order valence-corrected chi connectivity index (χ0v) is 28.4. The van der Waals surface area contributed by atoms with E-state index < -0.39 is 27.1 Å². The summed E-state index contributed by atoms with van der Waals surface area (Å²) in [5, 5.41) is 12.9. The molecule has 0 aromatic heterocycles. The Hall–Kier alpha value is -5.01. The number of nitrogens with one attached hydrogen (secondary N) is 3. The highest BCUT2D eigenvalue weighted by Gasteiger charge is 2.23. The maximum Gasteiger partial charge on any atom is 0.272 e. The molecule has 0 bridgehead atoms. The molecule has 9 nitrogen and oxygen atoms in total. The minimum absolute atomic E-state index is 0.0540. The number of amides is 3. The molecule has 5 aromatic carbocycles. The van der Waals surface area contributed by atoms with E-state index in [0.717, 1.165) is 14.9 Å². The van der Waals surface area contributed by atoms with Crippen molar-refractivity contribution in [3.63, 3.8) is 0 Å². The summed E-state index contributed by atoms with van der Waals surface area (Å²) < 4.78 is 24.0. The van der Waals surface area contributed by atoms with Crippen LogP contribution in [0, 0.1) is 0 Å². The van der Waals surface area contributed by atoms with E-state index in [1.54, 1.807) is 60.7 Å². The molecule has 0 heterocycles. The van der Waals surface area contributed by atoms with Crippen molar-refractivity contribution in [3.8, 4) is 0 Å². The van der Waals surface area contributed by atoms with Gasteiger partial charge in [0.05, 0.1) is 4.90 Å². The molecule has 0 aliphatic heterocycles. The fourth-order valence-electron chi connectivity index (χ4n) is 4.49. The van der Waals surface area contributed by atoms with Crippen molar-refractivity contribution in [2.24, 2.45) is 5.14 Å². The fraction of sp³-hybridized carbons (Fsp3) is 0.0278. The second-order valence-corrected chi connectivity index (χ2v) is 14.0. The van der Waals surface area contributed by atoms with Gasteiger partial charge < -0.3 is 16.0 Å². The van der Waals surface area contributed by atoms with Gasteiger partial charge >= 0.3 is 0 Å². The van der Waals surface area contributed by atoms with Crippen LogP contribution in [0.25, 0.3) is 6.08 Å². The number of rotatable bonds is 11. The van der Waals surface area contributed by atoms with Crippen molar-refractivity contribution < 1.29 is 22.8 Å². The zero-order valence-electron chi connectivity index (χ0n) is 25.2. The number of carbonyl (C=O) groups is 3. The third-order valence-corrected chi connectivity index (χ3v) is 9.53. The predicted octanol–water partition coefficient (Wildman–Crippen LogP) is 6.98. The predicted molar refractivity (Wildman–Crippen MR) is 193 cm³/mol. The summed E-state index contributed by atoms with van der Waals surface area (Å²) in [6.45, 7) is 0. The lowest BCUT2D eigenvalue weighted by molar-refractivity contribution is -0.116. The highest BCUT2D eigenvalue weighted by atomic mass is 79.9. The number of anilines is 2. The van der Waals surface area contributed by atoms with E-state index >= 15 is 0 Å². The molecule has 242 valence electrons. The number of sulfonamides is 1. The molecule has 5 N–H and O–H groups in total. The van der Waals surface area contributed by atoms with Gasteiger partial charge in [0.1, 0.15) is 10.9 Å². The van der Waals surface area contributed by atoms with Crippen LogP contribution >= 0.6 is 27.7 Å². The first-order valence-corrected chi connectivity index (χ1v) is 17.7. The quantitative estimate of drug-likeness (QED) is 0.0849. The number of carbonyl (C=O) groups excluding carboxylic acids is 3. The topological polar surface area (TPSA) is 147 Å². The maximum atomic E-state index is 13.5. The van der Waals surface area contributed by atoms with Gasteiger partial charge in [0.25, 0.3) is 11.8 Å². The number of halogens is 1. The Morgan fingerprint density at radius 3 is 1.96 bits per heavy atom. The van der Waals surface area contributed by atoms with Gasteiger partial charge in [-0.05, 0) is 90.0 Å². The zero-order chi connectivity index (χ0) is 34.1. The lowest BCUT2D eigenvalue weighted by Crippen LogP contribution is -2.30. The van der Waals surface area contributed by atoms with Gasteiger partial charge in [-0.2, -0.15) is 0 Å². The largest absolute Gasteiger partial charge is 0.325 e. The van der Waals surface area contributed by atoms with Gasteiger partial charge in [-0.15, -0.1) is 11.8 Å². The monoisotopic (exact) mass is 740 g/mol. The van der Waals surface area contributed by atoms with E-state index in [1.165, 1.54) is 36.0 Å². The van der Waals surface area contributed by atoms with Gasteiger partial charge in [-0.3, -0.25) is 14.4 Å². The number of hydrogen-bond donors (Lipinski definition) is 4. The van der Waals surface area contributed by atoms with Crippen LogP contribution in [-0.2, 0) is 19.6 Å². The molecular weight excluding hydrogens is 712 g/mol. The molecular formula is C36H29BrN4O5S2. The minimum Gasteiger partial charge on any atom is -0.325 e. The summed E-state index contributed by atoms with van der Waals surface area (Å²) in [7, 11) is -3.86. The van der Waals surface area contributed by atoms with Crippen LogP contribution in [0.1, 0.15) is 26.7 Å². The normalized spacial score (nSPS) is 12.1. The Morgan fingerprint density at radius 2 is 1.33 bits per heavy atom. The average Bonchev–Trinajstić information content (AvgIpc) is 3.08. The van der Waals surface area contributed by atoms with E-state index in [-0.39, 0.29) is 16.5 Å². The third-order valence-electron chi connectivity index (χ3n) is 6.85. The third kappa shape index (κ3) is 9.52. The standard InChI is InChI=1S/C36H29BrN4O5S2/c37-27-13-7-8-24(22-27)23-32(41-34(42)26-11-5-2-6-12-26)35(43)39-28-14-18-30(19-15-28)47-33(25-9-3-1-4-10-25)36(44)40-29-16-20-31(21-17-29)48(38,45)46/h1-23,33H,(H,39,43)(H,40,44)(H,41,42)(H2,38,45,46)/b32-23-. The van der Waals surface area contributed by atoms with Crippen LogP contribution in [0.4, 0.5) is 11.4 Å². The first-order chi connectivity index (χ1) is 23.0. The van der Waals surface area contributed by atoms with E-state index in [9.17, 15) is 22.8 Å². The Bertz CT molecular complexity index is 2060. The van der Waals surface area contributed by atoms with Gasteiger partial charge in [0.15, 0.2) is 0 Å². The lowest BCUT2D eigenvalue weighted by atomic mass is 10.1. The number of benzene rings is 5. The van der Waals surface area contributed by atoms with Crippen LogP contribution in [0.15, 0.2) is 153 Å². The summed E-state index contributed by atoms with van der Waals surface area (Å²) in [5.74, 6) is -1.26. The number of hydrogen-bond acceptors (Lipinski definition) is 6. The Labute approximate surface area is 290 Å². The van der Waals surface area contributed by atoms with Crippen LogP contribution < -0.4 is 21.1 Å². The van der Waals surface area contributed by atoms with E-state index in [2.05, 4.69) is 31.9 Å². The molecule has 0 aliphatic carbocycles. The van der Waals surface area contributed by atoms with Crippen molar-refractivity contribution in [2.75, 3.05) is 10.6 Å². The molecule has 0 saturated carbocycles. The molecule has 1 atom stereocenters. The maximum absolute atomic E-state index is 13.5. The van der Waals surface area contributed by atoms with E-state index in [4.69, 9.17) is 5.14 Å².